The molecule has 2 rings (SSSR count). The average Bonchev–Trinajstić information content (AvgIpc) is 2.53. The number of rotatable bonds is 3. The summed E-state index contributed by atoms with van der Waals surface area (Å²) in [4.78, 5) is 0. The second kappa shape index (κ2) is 6.55. The molecule has 0 heteroatoms. The summed E-state index contributed by atoms with van der Waals surface area (Å²) in [6.07, 6.45) is 0. The Kier molecular flexibility index (Phi) is 5.23. The third kappa shape index (κ3) is 3.75. The van der Waals surface area contributed by atoms with Gasteiger partial charge in [-0.05, 0) is 43.9 Å². The van der Waals surface area contributed by atoms with Crippen molar-refractivity contribution in [2.45, 2.75) is 80.1 Å². The van der Waals surface area contributed by atoms with E-state index in [9.17, 15) is 0 Å². The van der Waals surface area contributed by atoms with Gasteiger partial charge in [0.2, 0.25) is 0 Å². The molecule has 2 aromatic rings. The summed E-state index contributed by atoms with van der Waals surface area (Å²) in [7, 11) is 0. The van der Waals surface area contributed by atoms with Crippen molar-refractivity contribution in [1.82, 2.24) is 0 Å². The van der Waals surface area contributed by atoms with Crippen molar-refractivity contribution < 1.29 is 0 Å². The first kappa shape index (κ1) is 20.7. The largest absolute Gasteiger partial charge is 0.0593 e. The van der Waals surface area contributed by atoms with Crippen molar-refractivity contribution in [2.75, 3.05) is 0 Å². The Morgan fingerprint density at radius 2 is 0.615 bits per heavy atom. The Morgan fingerprint density at radius 1 is 0.385 bits per heavy atom. The maximum absolute atomic E-state index is 2.34. The lowest BCUT2D eigenvalue weighted by atomic mass is 9.65. The van der Waals surface area contributed by atoms with Crippen LogP contribution in [0.15, 0.2) is 48.5 Å². The van der Waals surface area contributed by atoms with Gasteiger partial charge in [-0.1, -0.05) is 118 Å². The van der Waals surface area contributed by atoms with Gasteiger partial charge in [-0.25, -0.2) is 0 Å². The Bertz CT molecular complexity index is 659. The first-order valence-electron chi connectivity index (χ1n) is 9.89. The summed E-state index contributed by atoms with van der Waals surface area (Å²) in [5.41, 5.74) is 6.14. The fourth-order valence-electron chi connectivity index (χ4n) is 3.02. The van der Waals surface area contributed by atoms with Gasteiger partial charge in [0.25, 0.3) is 0 Å². The SMILES string of the molecule is CC(C)(C)C(C)(C)c1ccc(-c2ccc(C(C)(C)C(C)(C)C)cc2)cc1. The molecule has 0 atom stereocenters. The third-order valence-electron chi connectivity index (χ3n) is 7.30. The van der Waals surface area contributed by atoms with Crippen LogP contribution < -0.4 is 0 Å². The average molecular weight is 351 g/mol. The van der Waals surface area contributed by atoms with Crippen molar-refractivity contribution in [2.24, 2.45) is 10.8 Å². The van der Waals surface area contributed by atoms with Gasteiger partial charge >= 0.3 is 0 Å². The van der Waals surface area contributed by atoms with Crippen LogP contribution >= 0.6 is 0 Å². The molecule has 0 aliphatic rings. The molecule has 0 spiro atoms. The maximum Gasteiger partial charge on any atom is -0.00551 e. The Hall–Kier alpha value is -1.56. The lowest BCUT2D eigenvalue weighted by molar-refractivity contribution is 0.225. The van der Waals surface area contributed by atoms with Crippen LogP contribution in [0.5, 0.6) is 0 Å². The predicted molar refractivity (Wildman–Crippen MR) is 117 cm³/mol. The molecule has 0 unspecified atom stereocenters. The van der Waals surface area contributed by atoms with E-state index in [2.05, 4.69) is 118 Å². The van der Waals surface area contributed by atoms with Crippen LogP contribution in [0.1, 0.15) is 80.4 Å². The summed E-state index contributed by atoms with van der Waals surface area (Å²) in [6, 6.07) is 18.3. The topological polar surface area (TPSA) is 0 Å². The van der Waals surface area contributed by atoms with Gasteiger partial charge in [-0.2, -0.15) is 0 Å². The van der Waals surface area contributed by atoms with Crippen LogP contribution in [0.2, 0.25) is 0 Å². The second-order valence-electron chi connectivity index (χ2n) is 10.9. The van der Waals surface area contributed by atoms with Gasteiger partial charge in [-0.15, -0.1) is 0 Å². The quantitative estimate of drug-likeness (QED) is 0.526. The molecule has 0 heterocycles. The molecule has 0 aromatic heterocycles. The summed E-state index contributed by atoms with van der Waals surface area (Å²) in [5.74, 6) is 0. The lowest BCUT2D eigenvalue weighted by Gasteiger charge is -2.39. The molecular weight excluding hydrogens is 312 g/mol. The van der Waals surface area contributed by atoms with Gasteiger partial charge < -0.3 is 0 Å². The molecule has 0 saturated carbocycles. The van der Waals surface area contributed by atoms with Crippen LogP contribution in [0.3, 0.4) is 0 Å². The zero-order valence-corrected chi connectivity index (χ0v) is 18.6. The molecule has 0 N–H and O–H groups in total. The molecular formula is C26H38. The van der Waals surface area contributed by atoms with Gasteiger partial charge in [0.15, 0.2) is 0 Å². The van der Waals surface area contributed by atoms with Crippen molar-refractivity contribution in [3.8, 4) is 11.1 Å². The van der Waals surface area contributed by atoms with E-state index in [-0.39, 0.29) is 21.7 Å². The smallest absolute Gasteiger partial charge is 0.00551 e. The van der Waals surface area contributed by atoms with Gasteiger partial charge in [0.05, 0.1) is 0 Å². The van der Waals surface area contributed by atoms with E-state index in [4.69, 9.17) is 0 Å². The van der Waals surface area contributed by atoms with E-state index in [1.165, 1.54) is 22.3 Å². The number of hydrogen-bond acceptors (Lipinski definition) is 0. The molecule has 0 radical (unpaired) electrons. The summed E-state index contributed by atoms with van der Waals surface area (Å²) >= 11 is 0. The van der Waals surface area contributed by atoms with Crippen molar-refractivity contribution in [3.63, 3.8) is 0 Å². The highest BCUT2D eigenvalue weighted by atomic mass is 14.4. The van der Waals surface area contributed by atoms with E-state index in [1.54, 1.807) is 0 Å². The zero-order valence-electron chi connectivity index (χ0n) is 18.6. The molecule has 0 amide bonds. The number of benzene rings is 2. The molecule has 0 saturated heterocycles. The highest BCUT2D eigenvalue weighted by molar-refractivity contribution is 5.64. The first-order chi connectivity index (χ1) is 11.7. The van der Waals surface area contributed by atoms with Gasteiger partial charge in [0.1, 0.15) is 0 Å². The molecule has 142 valence electrons. The highest BCUT2D eigenvalue weighted by Gasteiger charge is 2.35. The molecule has 2 aromatic carbocycles. The minimum Gasteiger partial charge on any atom is -0.0593 e. The van der Waals surface area contributed by atoms with E-state index < -0.39 is 0 Å². The normalized spacial score (nSPS) is 13.8. The molecule has 26 heavy (non-hydrogen) atoms. The van der Waals surface area contributed by atoms with Crippen LogP contribution in [0, 0.1) is 10.8 Å². The Balaban J connectivity index is 2.31. The molecule has 0 nitrogen and oxygen atoms in total. The summed E-state index contributed by atoms with van der Waals surface area (Å²) in [6.45, 7) is 23.3. The first-order valence-corrected chi connectivity index (χ1v) is 9.89. The fourth-order valence-corrected chi connectivity index (χ4v) is 3.02. The Morgan fingerprint density at radius 3 is 0.808 bits per heavy atom. The van der Waals surface area contributed by atoms with E-state index in [1.807, 2.05) is 0 Å². The van der Waals surface area contributed by atoms with Crippen molar-refractivity contribution in [1.29, 1.82) is 0 Å². The molecule has 0 aliphatic heterocycles. The van der Waals surface area contributed by atoms with E-state index >= 15 is 0 Å². The van der Waals surface area contributed by atoms with E-state index in [0.717, 1.165) is 0 Å². The lowest BCUT2D eigenvalue weighted by Crippen LogP contribution is -2.33. The summed E-state index contributed by atoms with van der Waals surface area (Å²) in [5, 5.41) is 0. The zero-order chi connectivity index (χ0) is 20.0. The molecule has 0 fully saturated rings. The minimum atomic E-state index is 0.145. The van der Waals surface area contributed by atoms with Gasteiger partial charge in [-0.3, -0.25) is 0 Å². The standard InChI is InChI=1S/C26H38/c1-23(2,3)25(7,8)21-15-11-19(12-16-21)20-13-17-22(18-14-20)26(9,10)24(4,5)6/h11-18H,1-10H3. The van der Waals surface area contributed by atoms with Crippen LogP contribution in [0.25, 0.3) is 11.1 Å². The minimum absolute atomic E-state index is 0.145. The van der Waals surface area contributed by atoms with Crippen LogP contribution in [-0.4, -0.2) is 0 Å². The van der Waals surface area contributed by atoms with Crippen molar-refractivity contribution in [3.05, 3.63) is 59.7 Å². The Labute approximate surface area is 162 Å². The van der Waals surface area contributed by atoms with Crippen LogP contribution in [-0.2, 0) is 10.8 Å². The summed E-state index contributed by atoms with van der Waals surface area (Å²) < 4.78 is 0. The van der Waals surface area contributed by atoms with Crippen molar-refractivity contribution >= 4 is 0 Å². The van der Waals surface area contributed by atoms with Gasteiger partial charge in [0, 0.05) is 0 Å². The fraction of sp³-hybridized carbons (Fsp3) is 0.538. The highest BCUT2D eigenvalue weighted by Crippen LogP contribution is 2.42. The van der Waals surface area contributed by atoms with E-state index in [0.29, 0.717) is 0 Å². The maximum atomic E-state index is 2.34. The molecule has 0 bridgehead atoms. The number of hydrogen-bond donors (Lipinski definition) is 0. The molecule has 0 aliphatic carbocycles. The third-order valence-corrected chi connectivity index (χ3v) is 7.30. The predicted octanol–water partition coefficient (Wildman–Crippen LogP) is 8.00. The monoisotopic (exact) mass is 350 g/mol. The second-order valence-corrected chi connectivity index (χ2v) is 10.9. The van der Waals surface area contributed by atoms with Crippen LogP contribution in [0.4, 0.5) is 0 Å².